The molecule has 0 aliphatic carbocycles. The van der Waals surface area contributed by atoms with E-state index in [1.807, 2.05) is 85.2 Å². The van der Waals surface area contributed by atoms with Gasteiger partial charge < -0.3 is 9.64 Å². The Balaban J connectivity index is 1.61. The zero-order valence-corrected chi connectivity index (χ0v) is 17.2. The predicted molar refractivity (Wildman–Crippen MR) is 128 cm³/mol. The first kappa shape index (κ1) is 18.3. The van der Waals surface area contributed by atoms with Gasteiger partial charge in [-0.25, -0.2) is 0 Å². The fraction of sp³-hybridized carbons (Fsp3) is 0. The highest BCUT2D eigenvalue weighted by Crippen LogP contribution is 2.50. The van der Waals surface area contributed by atoms with E-state index in [1.165, 1.54) is 0 Å². The van der Waals surface area contributed by atoms with Gasteiger partial charge in [-0.15, -0.1) is 0 Å². The van der Waals surface area contributed by atoms with Gasteiger partial charge in [0.25, 0.3) is 0 Å². The van der Waals surface area contributed by atoms with Crippen molar-refractivity contribution in [1.29, 1.82) is 0 Å². The number of anilines is 3. The van der Waals surface area contributed by atoms with Gasteiger partial charge in [-0.3, -0.25) is 9.97 Å². The SMILES string of the molecule is c1ccc(-c2cc(-c3ccccn3)cc(N3c4ccccc4Oc4ccccc43)c2)nc1. The number of rotatable bonds is 3. The summed E-state index contributed by atoms with van der Waals surface area (Å²) >= 11 is 0. The van der Waals surface area contributed by atoms with Crippen LogP contribution in [0.25, 0.3) is 22.5 Å². The zero-order chi connectivity index (χ0) is 21.3. The van der Waals surface area contributed by atoms with Crippen molar-refractivity contribution in [3.05, 3.63) is 116 Å². The van der Waals surface area contributed by atoms with E-state index in [4.69, 9.17) is 4.74 Å². The third-order valence-corrected chi connectivity index (χ3v) is 5.53. The largest absolute Gasteiger partial charge is 0.453 e. The Hall–Kier alpha value is -4.44. The highest BCUT2D eigenvalue weighted by Gasteiger charge is 2.26. The maximum absolute atomic E-state index is 6.19. The van der Waals surface area contributed by atoms with Crippen molar-refractivity contribution in [2.24, 2.45) is 0 Å². The molecule has 32 heavy (non-hydrogen) atoms. The molecule has 2 aromatic heterocycles. The van der Waals surface area contributed by atoms with Crippen LogP contribution in [-0.2, 0) is 0 Å². The van der Waals surface area contributed by atoms with Crippen LogP contribution >= 0.6 is 0 Å². The Morgan fingerprint density at radius 2 is 1.03 bits per heavy atom. The van der Waals surface area contributed by atoms with Gasteiger partial charge in [-0.1, -0.05) is 36.4 Å². The van der Waals surface area contributed by atoms with Gasteiger partial charge in [-0.05, 0) is 66.7 Å². The molecule has 6 rings (SSSR count). The van der Waals surface area contributed by atoms with Gasteiger partial charge >= 0.3 is 0 Å². The number of hydrogen-bond donors (Lipinski definition) is 0. The van der Waals surface area contributed by atoms with Crippen LogP contribution < -0.4 is 9.64 Å². The molecular weight excluding hydrogens is 394 g/mol. The molecule has 0 unspecified atom stereocenters. The van der Waals surface area contributed by atoms with Crippen LogP contribution in [0.5, 0.6) is 11.5 Å². The van der Waals surface area contributed by atoms with Crippen LogP contribution in [0.2, 0.25) is 0 Å². The van der Waals surface area contributed by atoms with Gasteiger partial charge in [0.1, 0.15) is 0 Å². The molecule has 0 N–H and O–H groups in total. The third-order valence-electron chi connectivity index (χ3n) is 5.53. The summed E-state index contributed by atoms with van der Waals surface area (Å²) in [5.41, 5.74) is 6.92. The summed E-state index contributed by atoms with van der Waals surface area (Å²) in [6, 6.07) is 34.7. The summed E-state index contributed by atoms with van der Waals surface area (Å²) in [4.78, 5) is 11.4. The molecule has 1 aliphatic heterocycles. The lowest BCUT2D eigenvalue weighted by Gasteiger charge is -2.33. The zero-order valence-electron chi connectivity index (χ0n) is 17.2. The smallest absolute Gasteiger partial charge is 0.151 e. The van der Waals surface area contributed by atoms with Crippen LogP contribution in [0.15, 0.2) is 116 Å². The maximum atomic E-state index is 6.19. The van der Waals surface area contributed by atoms with E-state index in [0.717, 1.165) is 51.1 Å². The Morgan fingerprint density at radius 1 is 0.531 bits per heavy atom. The summed E-state index contributed by atoms with van der Waals surface area (Å²) in [7, 11) is 0. The highest BCUT2D eigenvalue weighted by atomic mass is 16.5. The summed E-state index contributed by atoms with van der Waals surface area (Å²) in [5.74, 6) is 1.66. The lowest BCUT2D eigenvalue weighted by atomic mass is 10.0. The number of fused-ring (bicyclic) bond motifs is 2. The van der Waals surface area contributed by atoms with Crippen molar-refractivity contribution in [2.45, 2.75) is 0 Å². The summed E-state index contributed by atoms with van der Waals surface area (Å²) in [5, 5.41) is 0. The van der Waals surface area contributed by atoms with E-state index in [1.54, 1.807) is 0 Å². The number of para-hydroxylation sites is 4. The lowest BCUT2D eigenvalue weighted by molar-refractivity contribution is 0.477. The Kier molecular flexibility index (Phi) is 4.40. The van der Waals surface area contributed by atoms with Crippen molar-refractivity contribution in [1.82, 2.24) is 9.97 Å². The average Bonchev–Trinajstić information content (AvgIpc) is 2.88. The monoisotopic (exact) mass is 413 g/mol. The Bertz CT molecular complexity index is 1300. The summed E-state index contributed by atoms with van der Waals surface area (Å²) in [6.07, 6.45) is 3.64. The molecular formula is C28H19N3O. The van der Waals surface area contributed by atoms with E-state index in [9.17, 15) is 0 Å². The second kappa shape index (κ2) is 7.67. The average molecular weight is 413 g/mol. The minimum absolute atomic E-state index is 0.828. The molecule has 4 nitrogen and oxygen atoms in total. The van der Waals surface area contributed by atoms with E-state index in [2.05, 4.69) is 45.2 Å². The number of hydrogen-bond acceptors (Lipinski definition) is 4. The van der Waals surface area contributed by atoms with E-state index in [-0.39, 0.29) is 0 Å². The van der Waals surface area contributed by atoms with E-state index in [0.29, 0.717) is 0 Å². The van der Waals surface area contributed by atoms with Gasteiger partial charge in [0.05, 0.1) is 22.8 Å². The Labute approximate surface area is 186 Å². The standard InChI is InChI=1S/C28H19N3O/c1-3-13-27-25(11-1)31(26-12-2-4-14-28(26)32-27)22-18-20(23-9-5-7-15-29-23)17-21(19-22)24-10-6-8-16-30-24/h1-19H. The molecule has 152 valence electrons. The van der Waals surface area contributed by atoms with Crippen LogP contribution in [0, 0.1) is 0 Å². The van der Waals surface area contributed by atoms with Crippen LogP contribution in [-0.4, -0.2) is 9.97 Å². The quantitative estimate of drug-likeness (QED) is 0.303. The van der Waals surface area contributed by atoms with Crippen LogP contribution in [0.1, 0.15) is 0 Å². The molecule has 4 heteroatoms. The first-order valence-electron chi connectivity index (χ1n) is 10.5. The Morgan fingerprint density at radius 3 is 1.53 bits per heavy atom. The topological polar surface area (TPSA) is 38.2 Å². The molecule has 0 radical (unpaired) electrons. The number of aromatic nitrogens is 2. The predicted octanol–water partition coefficient (Wildman–Crippen LogP) is 7.39. The molecule has 0 atom stereocenters. The van der Waals surface area contributed by atoms with Crippen molar-refractivity contribution >= 4 is 17.1 Å². The van der Waals surface area contributed by atoms with Crippen LogP contribution in [0.4, 0.5) is 17.1 Å². The summed E-state index contributed by atoms with van der Waals surface area (Å²) < 4.78 is 6.19. The maximum Gasteiger partial charge on any atom is 0.151 e. The molecule has 3 aromatic carbocycles. The van der Waals surface area contributed by atoms with E-state index < -0.39 is 0 Å². The minimum Gasteiger partial charge on any atom is -0.453 e. The molecule has 3 heterocycles. The molecule has 0 saturated heterocycles. The number of benzene rings is 3. The molecule has 0 spiro atoms. The first-order chi connectivity index (χ1) is 15.9. The van der Waals surface area contributed by atoms with Crippen LogP contribution in [0.3, 0.4) is 0 Å². The number of nitrogens with zero attached hydrogens (tertiary/aromatic N) is 3. The molecule has 0 fully saturated rings. The molecule has 1 aliphatic rings. The van der Waals surface area contributed by atoms with E-state index >= 15 is 0 Å². The fourth-order valence-corrected chi connectivity index (χ4v) is 4.09. The fourth-order valence-electron chi connectivity index (χ4n) is 4.09. The highest BCUT2D eigenvalue weighted by molar-refractivity contribution is 5.89. The third kappa shape index (κ3) is 3.19. The molecule has 0 saturated carbocycles. The first-order valence-corrected chi connectivity index (χ1v) is 10.5. The second-order valence-electron chi connectivity index (χ2n) is 7.57. The van der Waals surface area contributed by atoms with Gasteiger partial charge in [0.2, 0.25) is 0 Å². The lowest BCUT2D eigenvalue weighted by Crippen LogP contribution is -2.15. The minimum atomic E-state index is 0.828. The van der Waals surface area contributed by atoms with Crippen molar-refractivity contribution in [3.63, 3.8) is 0 Å². The second-order valence-corrected chi connectivity index (χ2v) is 7.57. The molecule has 0 amide bonds. The van der Waals surface area contributed by atoms with Crippen molar-refractivity contribution in [3.8, 4) is 34.0 Å². The van der Waals surface area contributed by atoms with Gasteiger partial charge in [0, 0.05) is 29.2 Å². The number of ether oxygens (including phenoxy) is 1. The normalized spacial score (nSPS) is 11.9. The van der Waals surface area contributed by atoms with Gasteiger partial charge in [-0.2, -0.15) is 0 Å². The molecule has 5 aromatic rings. The van der Waals surface area contributed by atoms with Crippen molar-refractivity contribution < 1.29 is 4.74 Å². The van der Waals surface area contributed by atoms with Crippen molar-refractivity contribution in [2.75, 3.05) is 4.90 Å². The van der Waals surface area contributed by atoms with Gasteiger partial charge in [0.15, 0.2) is 11.5 Å². The summed E-state index contributed by atoms with van der Waals surface area (Å²) in [6.45, 7) is 0. The number of pyridine rings is 2. The molecule has 0 bridgehead atoms.